The van der Waals surface area contributed by atoms with Crippen molar-refractivity contribution in [2.45, 2.75) is 66.2 Å². The Morgan fingerprint density at radius 2 is 1.93 bits per heavy atom. The highest BCUT2D eigenvalue weighted by molar-refractivity contribution is 6.66. The third-order valence-corrected chi connectivity index (χ3v) is 8.20. The molecule has 0 aromatic rings. The topological polar surface area (TPSA) is 17.1 Å². The molecule has 3 aliphatic rings. The van der Waals surface area contributed by atoms with Crippen molar-refractivity contribution in [1.82, 2.24) is 0 Å². The van der Waals surface area contributed by atoms with Crippen molar-refractivity contribution in [3.05, 3.63) is 48.6 Å². The highest BCUT2D eigenvalue weighted by atomic mass is 35.5. The summed E-state index contributed by atoms with van der Waals surface area (Å²) in [5, 5.41) is -0.412. The summed E-state index contributed by atoms with van der Waals surface area (Å²) in [6.45, 7) is 13.9. The van der Waals surface area contributed by atoms with Crippen LogP contribution in [0.25, 0.3) is 0 Å². The number of fused-ring (bicyclic) bond motifs is 3. The zero-order valence-corrected chi connectivity index (χ0v) is 18.2. The van der Waals surface area contributed by atoms with Crippen molar-refractivity contribution in [3.63, 3.8) is 0 Å². The van der Waals surface area contributed by atoms with E-state index in [-0.39, 0.29) is 10.8 Å². The third-order valence-electron chi connectivity index (χ3n) is 8.08. The van der Waals surface area contributed by atoms with Crippen LogP contribution in [0.4, 0.5) is 0 Å². The molecule has 0 radical (unpaired) electrons. The molecule has 1 unspecified atom stereocenters. The maximum atomic E-state index is 11.0. The largest absolute Gasteiger partial charge is 0.276 e. The fourth-order valence-corrected chi connectivity index (χ4v) is 6.59. The Morgan fingerprint density at radius 3 is 2.59 bits per heavy atom. The second kappa shape index (κ2) is 7.39. The Labute approximate surface area is 170 Å². The molecule has 0 saturated heterocycles. The molecule has 0 N–H and O–H groups in total. The molecule has 0 bridgehead atoms. The van der Waals surface area contributed by atoms with Gasteiger partial charge in [-0.2, -0.15) is 0 Å². The molecule has 3 rings (SSSR count). The van der Waals surface area contributed by atoms with Crippen LogP contribution in [0.5, 0.6) is 0 Å². The summed E-state index contributed by atoms with van der Waals surface area (Å²) in [7, 11) is 0. The molecule has 0 aliphatic heterocycles. The average Bonchev–Trinajstić information content (AvgIpc) is 2.59. The van der Waals surface area contributed by atoms with Gasteiger partial charge in [-0.3, -0.25) is 4.79 Å². The van der Waals surface area contributed by atoms with Crippen LogP contribution in [0, 0.1) is 34.0 Å². The van der Waals surface area contributed by atoms with Crippen molar-refractivity contribution in [1.29, 1.82) is 0 Å². The van der Waals surface area contributed by atoms with E-state index in [1.165, 1.54) is 38.2 Å². The van der Waals surface area contributed by atoms with E-state index < -0.39 is 5.24 Å². The second-order valence-electron chi connectivity index (χ2n) is 10.2. The molecule has 1 nitrogen and oxygen atoms in total. The smallest absolute Gasteiger partial charge is 0.245 e. The van der Waals surface area contributed by atoms with Crippen LogP contribution < -0.4 is 0 Å². The summed E-state index contributed by atoms with van der Waals surface area (Å²) in [4.78, 5) is 11.0. The summed E-state index contributed by atoms with van der Waals surface area (Å²) in [5.41, 5.74) is 2.54. The summed E-state index contributed by atoms with van der Waals surface area (Å²) in [5.74, 6) is 1.92. The monoisotopic (exact) mass is 386 g/mol. The molecule has 0 aromatic carbocycles. The Morgan fingerprint density at radius 1 is 1.19 bits per heavy atom. The maximum absolute atomic E-state index is 11.0. The van der Waals surface area contributed by atoms with Crippen LogP contribution in [0.3, 0.4) is 0 Å². The molecule has 2 saturated carbocycles. The lowest BCUT2D eigenvalue weighted by atomic mass is 9.43. The molecule has 0 amide bonds. The number of rotatable bonds is 4. The predicted molar refractivity (Wildman–Crippen MR) is 116 cm³/mol. The van der Waals surface area contributed by atoms with Crippen LogP contribution >= 0.6 is 11.6 Å². The minimum absolute atomic E-state index is 0.211. The van der Waals surface area contributed by atoms with Gasteiger partial charge in [0, 0.05) is 0 Å². The van der Waals surface area contributed by atoms with Crippen LogP contribution in [0.1, 0.15) is 66.2 Å². The Hall–Kier alpha value is -1.08. The number of halogens is 1. The van der Waals surface area contributed by atoms with Crippen molar-refractivity contribution < 1.29 is 4.79 Å². The molecule has 5 atom stereocenters. The molecule has 2 fully saturated rings. The van der Waals surface area contributed by atoms with E-state index in [2.05, 4.69) is 52.5 Å². The molecular weight excluding hydrogens is 352 g/mol. The van der Waals surface area contributed by atoms with Gasteiger partial charge in [-0.15, -0.1) is 6.58 Å². The first-order valence-electron chi connectivity index (χ1n) is 10.5. The Bertz CT molecular complexity index is 697. The lowest BCUT2D eigenvalue weighted by Gasteiger charge is -2.61. The van der Waals surface area contributed by atoms with Gasteiger partial charge in [0.1, 0.15) is 0 Å². The van der Waals surface area contributed by atoms with Gasteiger partial charge in [0.05, 0.1) is 0 Å². The van der Waals surface area contributed by atoms with Gasteiger partial charge in [0.15, 0.2) is 0 Å². The SMILES string of the molecule is C=C[C@]1(C)CC=C2[C@@H](CC[C@H]3C(C)(C)CCC(/C=C/C=C/C(=O)Cl)[C@]23C)C1. The van der Waals surface area contributed by atoms with Crippen LogP contribution in [0.2, 0.25) is 0 Å². The number of carbonyl (C=O) groups is 1. The van der Waals surface area contributed by atoms with Crippen molar-refractivity contribution in [3.8, 4) is 0 Å². The fraction of sp³-hybridized carbons (Fsp3) is 0.640. The van der Waals surface area contributed by atoms with Gasteiger partial charge in [0.25, 0.3) is 0 Å². The number of allylic oxidation sites excluding steroid dienone is 7. The van der Waals surface area contributed by atoms with E-state index in [1.807, 2.05) is 6.08 Å². The van der Waals surface area contributed by atoms with Crippen LogP contribution in [-0.4, -0.2) is 5.24 Å². The number of hydrogen-bond acceptors (Lipinski definition) is 1. The lowest BCUT2D eigenvalue weighted by molar-refractivity contribution is -0.107. The predicted octanol–water partition coefficient (Wildman–Crippen LogP) is 7.25. The van der Waals surface area contributed by atoms with Crippen LogP contribution in [0.15, 0.2) is 48.6 Å². The first kappa shape index (κ1) is 20.6. The van der Waals surface area contributed by atoms with Gasteiger partial charge in [-0.25, -0.2) is 0 Å². The van der Waals surface area contributed by atoms with Gasteiger partial charge >= 0.3 is 0 Å². The Balaban J connectivity index is 1.98. The maximum Gasteiger partial charge on any atom is 0.245 e. The first-order valence-corrected chi connectivity index (χ1v) is 10.9. The molecule has 2 heteroatoms. The van der Waals surface area contributed by atoms with Crippen molar-refractivity contribution >= 4 is 16.8 Å². The van der Waals surface area contributed by atoms with Gasteiger partial charge in [-0.1, -0.05) is 63.6 Å². The zero-order chi connectivity index (χ0) is 19.9. The molecule has 0 heterocycles. The summed E-state index contributed by atoms with van der Waals surface area (Å²) >= 11 is 5.43. The van der Waals surface area contributed by atoms with E-state index in [0.717, 1.165) is 6.42 Å². The van der Waals surface area contributed by atoms with Crippen LogP contribution in [-0.2, 0) is 4.79 Å². The summed E-state index contributed by atoms with van der Waals surface area (Å²) in [6.07, 6.45) is 19.8. The van der Waals surface area contributed by atoms with Gasteiger partial charge < -0.3 is 0 Å². The first-order chi connectivity index (χ1) is 12.6. The minimum Gasteiger partial charge on any atom is -0.276 e. The molecule has 27 heavy (non-hydrogen) atoms. The van der Waals surface area contributed by atoms with Crippen molar-refractivity contribution in [2.24, 2.45) is 34.0 Å². The van der Waals surface area contributed by atoms with E-state index in [0.29, 0.717) is 23.2 Å². The number of hydrogen-bond donors (Lipinski definition) is 0. The fourth-order valence-electron chi connectivity index (χ4n) is 6.52. The van der Waals surface area contributed by atoms with E-state index >= 15 is 0 Å². The van der Waals surface area contributed by atoms with Gasteiger partial charge in [0.2, 0.25) is 5.24 Å². The normalized spacial score (nSPS) is 41.1. The average molecular weight is 387 g/mol. The highest BCUT2D eigenvalue weighted by Crippen LogP contribution is 2.65. The summed E-state index contributed by atoms with van der Waals surface area (Å²) < 4.78 is 0. The quantitative estimate of drug-likeness (QED) is 0.215. The number of carbonyl (C=O) groups excluding carboxylic acids is 1. The van der Waals surface area contributed by atoms with Crippen molar-refractivity contribution in [2.75, 3.05) is 0 Å². The lowest BCUT2D eigenvalue weighted by Crippen LogP contribution is -2.52. The van der Waals surface area contributed by atoms with E-state index in [1.54, 1.807) is 11.6 Å². The minimum atomic E-state index is -0.412. The Kier molecular flexibility index (Phi) is 5.65. The third kappa shape index (κ3) is 3.77. The highest BCUT2D eigenvalue weighted by Gasteiger charge is 2.56. The molecule has 0 spiro atoms. The molecule has 0 aromatic heterocycles. The zero-order valence-electron chi connectivity index (χ0n) is 17.4. The standard InChI is InChI=1S/C25H35ClO/c1-6-24(4)16-14-20-18(17-24)11-12-21-23(2,3)15-13-19(25(20,21)5)9-7-8-10-22(26)27/h6-10,14,18-19,21H,1,11-13,15-17H2,2-5H3/b9-7+,10-8+/t18-,19?,21-,24+,25+/m0/s1. The molecule has 3 aliphatic carbocycles. The second-order valence-corrected chi connectivity index (χ2v) is 10.6. The van der Waals surface area contributed by atoms with E-state index in [4.69, 9.17) is 11.6 Å². The molecule has 148 valence electrons. The van der Waals surface area contributed by atoms with Gasteiger partial charge in [-0.05, 0) is 90.2 Å². The van der Waals surface area contributed by atoms with E-state index in [9.17, 15) is 4.79 Å². The summed E-state index contributed by atoms with van der Waals surface area (Å²) in [6, 6.07) is 0. The molecular formula is C25H35ClO.